The Balaban J connectivity index is 1.38. The van der Waals surface area contributed by atoms with Crippen LogP contribution in [0.25, 0.3) is 11.1 Å². The van der Waals surface area contributed by atoms with Crippen LogP contribution in [0.5, 0.6) is 0 Å². The van der Waals surface area contributed by atoms with Crippen LogP contribution in [0.15, 0.2) is 42.5 Å². The monoisotopic (exact) mass is 424 g/mol. The van der Waals surface area contributed by atoms with Crippen molar-refractivity contribution in [1.82, 2.24) is 0 Å². The van der Waals surface area contributed by atoms with Crippen molar-refractivity contribution in [3.05, 3.63) is 59.4 Å². The average molecular weight is 425 g/mol. The van der Waals surface area contributed by atoms with E-state index in [1.807, 2.05) is 6.07 Å². The van der Waals surface area contributed by atoms with Crippen molar-refractivity contribution in [1.29, 1.82) is 0 Å². The molecule has 0 atom stereocenters. The van der Waals surface area contributed by atoms with Gasteiger partial charge in [-0.25, -0.2) is 4.39 Å². The molecule has 0 amide bonds. The molecular formula is C29H38F2. The van der Waals surface area contributed by atoms with Gasteiger partial charge in [0.05, 0.1) is 6.67 Å². The minimum atomic E-state index is -0.211. The van der Waals surface area contributed by atoms with E-state index >= 15 is 4.39 Å². The van der Waals surface area contributed by atoms with Gasteiger partial charge in [0.25, 0.3) is 0 Å². The molecule has 0 nitrogen and oxygen atoms in total. The van der Waals surface area contributed by atoms with E-state index in [-0.39, 0.29) is 12.5 Å². The molecule has 0 spiro atoms. The van der Waals surface area contributed by atoms with Crippen LogP contribution in [-0.4, -0.2) is 6.67 Å². The fourth-order valence-electron chi connectivity index (χ4n) is 6.02. The summed E-state index contributed by atoms with van der Waals surface area (Å²) in [5.74, 6) is 2.49. The Morgan fingerprint density at radius 1 is 0.742 bits per heavy atom. The van der Waals surface area contributed by atoms with Gasteiger partial charge in [-0.15, -0.1) is 0 Å². The van der Waals surface area contributed by atoms with Crippen molar-refractivity contribution in [2.45, 2.75) is 89.4 Å². The molecule has 0 heterocycles. The summed E-state index contributed by atoms with van der Waals surface area (Å²) < 4.78 is 27.4. The van der Waals surface area contributed by atoms with E-state index in [0.29, 0.717) is 24.2 Å². The van der Waals surface area contributed by atoms with Gasteiger partial charge in [-0.05, 0) is 116 Å². The second kappa shape index (κ2) is 10.7. The van der Waals surface area contributed by atoms with Crippen molar-refractivity contribution in [2.75, 3.05) is 6.67 Å². The highest BCUT2D eigenvalue weighted by atomic mass is 19.1. The first-order valence-corrected chi connectivity index (χ1v) is 12.6. The molecule has 0 saturated heterocycles. The van der Waals surface area contributed by atoms with Gasteiger partial charge in [0.15, 0.2) is 0 Å². The summed E-state index contributed by atoms with van der Waals surface area (Å²) in [5.41, 5.74) is 4.39. The van der Waals surface area contributed by atoms with Crippen LogP contribution >= 0.6 is 0 Å². The third kappa shape index (κ3) is 5.57. The van der Waals surface area contributed by atoms with Gasteiger partial charge in [0.2, 0.25) is 0 Å². The zero-order valence-electron chi connectivity index (χ0n) is 19.1. The molecule has 0 aromatic heterocycles. The van der Waals surface area contributed by atoms with Crippen LogP contribution in [0.1, 0.15) is 101 Å². The molecule has 2 heteroatoms. The van der Waals surface area contributed by atoms with Crippen LogP contribution in [0, 0.1) is 17.7 Å². The van der Waals surface area contributed by atoms with Crippen LogP contribution in [0.4, 0.5) is 8.78 Å². The number of halogens is 2. The van der Waals surface area contributed by atoms with Crippen molar-refractivity contribution in [3.8, 4) is 11.1 Å². The molecule has 0 unspecified atom stereocenters. The van der Waals surface area contributed by atoms with E-state index in [4.69, 9.17) is 0 Å². The summed E-state index contributed by atoms with van der Waals surface area (Å²) in [4.78, 5) is 0. The fraction of sp³-hybridized carbons (Fsp3) is 0.586. The van der Waals surface area contributed by atoms with Crippen LogP contribution in [-0.2, 0) is 0 Å². The Morgan fingerprint density at radius 2 is 1.35 bits per heavy atom. The van der Waals surface area contributed by atoms with Crippen molar-refractivity contribution < 1.29 is 8.78 Å². The Bertz CT molecular complexity index is 809. The normalized spacial score (nSPS) is 26.7. The smallest absolute Gasteiger partial charge is 0.127 e. The maximum Gasteiger partial charge on any atom is 0.127 e. The predicted molar refractivity (Wildman–Crippen MR) is 127 cm³/mol. The third-order valence-electron chi connectivity index (χ3n) is 8.17. The zero-order valence-corrected chi connectivity index (χ0v) is 19.1. The molecule has 0 bridgehead atoms. The molecule has 2 aliphatic carbocycles. The largest absolute Gasteiger partial charge is 0.251 e. The van der Waals surface area contributed by atoms with E-state index in [1.54, 1.807) is 6.07 Å². The topological polar surface area (TPSA) is 0 Å². The Morgan fingerprint density at radius 3 is 1.97 bits per heavy atom. The first-order chi connectivity index (χ1) is 15.2. The SMILES string of the molecule is CCC1CCC(c2ccc(-c3ccc(C4CCC(CCCF)CC4)c(F)c3)cc2)CC1. The lowest BCUT2D eigenvalue weighted by atomic mass is 9.77. The number of rotatable bonds is 7. The van der Waals surface area contributed by atoms with Gasteiger partial charge < -0.3 is 0 Å². The Hall–Kier alpha value is -1.70. The van der Waals surface area contributed by atoms with Crippen molar-refractivity contribution >= 4 is 0 Å². The highest BCUT2D eigenvalue weighted by Crippen LogP contribution is 2.40. The predicted octanol–water partition coefficient (Wildman–Crippen LogP) is 9.20. The molecule has 2 aromatic carbocycles. The molecule has 2 aliphatic rings. The van der Waals surface area contributed by atoms with Gasteiger partial charge >= 0.3 is 0 Å². The maximum atomic E-state index is 15.0. The number of hydrogen-bond donors (Lipinski definition) is 0. The third-order valence-corrected chi connectivity index (χ3v) is 8.17. The van der Waals surface area contributed by atoms with Gasteiger partial charge in [-0.1, -0.05) is 49.7 Å². The van der Waals surface area contributed by atoms with Crippen LogP contribution in [0.2, 0.25) is 0 Å². The Labute approximate surface area is 187 Å². The highest BCUT2D eigenvalue weighted by molar-refractivity contribution is 5.64. The van der Waals surface area contributed by atoms with E-state index in [0.717, 1.165) is 54.7 Å². The molecule has 0 aliphatic heterocycles. The van der Waals surface area contributed by atoms with Gasteiger partial charge in [-0.3, -0.25) is 4.39 Å². The standard InChI is InChI=1S/C29H38F2/c1-2-21-5-9-23(10-6-21)24-13-15-25(16-14-24)27-17-18-28(29(31)20-27)26-11-7-22(8-12-26)4-3-19-30/h13-18,20-23,26H,2-12,19H2,1H3. The lowest BCUT2D eigenvalue weighted by Gasteiger charge is -2.29. The molecule has 168 valence electrons. The molecule has 31 heavy (non-hydrogen) atoms. The van der Waals surface area contributed by atoms with Crippen LogP contribution < -0.4 is 0 Å². The number of hydrogen-bond acceptors (Lipinski definition) is 0. The number of benzene rings is 2. The highest BCUT2D eigenvalue weighted by Gasteiger charge is 2.24. The second-order valence-corrected chi connectivity index (χ2v) is 10.0. The fourth-order valence-corrected chi connectivity index (χ4v) is 6.02. The van der Waals surface area contributed by atoms with Crippen molar-refractivity contribution in [3.63, 3.8) is 0 Å². The summed E-state index contributed by atoms with van der Waals surface area (Å²) in [6.07, 6.45) is 12.6. The van der Waals surface area contributed by atoms with Gasteiger partial charge in [0, 0.05) is 0 Å². The van der Waals surface area contributed by atoms with E-state index in [9.17, 15) is 4.39 Å². The molecular weight excluding hydrogens is 386 g/mol. The lowest BCUT2D eigenvalue weighted by Crippen LogP contribution is -2.14. The minimum absolute atomic E-state index is 0.0633. The summed E-state index contributed by atoms with van der Waals surface area (Å²) in [7, 11) is 0. The molecule has 0 N–H and O–H groups in total. The van der Waals surface area contributed by atoms with Gasteiger partial charge in [-0.2, -0.15) is 0 Å². The molecule has 2 aromatic rings. The molecule has 2 fully saturated rings. The second-order valence-electron chi connectivity index (χ2n) is 10.0. The zero-order chi connectivity index (χ0) is 21.6. The molecule has 4 rings (SSSR count). The minimum Gasteiger partial charge on any atom is -0.251 e. The average Bonchev–Trinajstić information content (AvgIpc) is 2.83. The first kappa shape index (κ1) is 22.5. The molecule has 2 saturated carbocycles. The summed E-state index contributed by atoms with van der Waals surface area (Å²) in [6, 6.07) is 14.7. The van der Waals surface area contributed by atoms with E-state index in [2.05, 4.69) is 37.3 Å². The first-order valence-electron chi connectivity index (χ1n) is 12.6. The Kier molecular flexibility index (Phi) is 7.80. The van der Waals surface area contributed by atoms with E-state index < -0.39 is 0 Å². The van der Waals surface area contributed by atoms with E-state index in [1.165, 1.54) is 37.7 Å². The summed E-state index contributed by atoms with van der Waals surface area (Å²) >= 11 is 0. The summed E-state index contributed by atoms with van der Waals surface area (Å²) in [5, 5.41) is 0. The lowest BCUT2D eigenvalue weighted by molar-refractivity contribution is 0.290. The van der Waals surface area contributed by atoms with Gasteiger partial charge in [0.1, 0.15) is 5.82 Å². The quantitative estimate of drug-likeness (QED) is 0.415. The van der Waals surface area contributed by atoms with Crippen LogP contribution in [0.3, 0.4) is 0 Å². The summed E-state index contributed by atoms with van der Waals surface area (Å²) in [6.45, 7) is 2.10. The number of alkyl halides is 1. The van der Waals surface area contributed by atoms with Crippen molar-refractivity contribution in [2.24, 2.45) is 11.8 Å². The maximum absolute atomic E-state index is 15.0. The molecule has 0 radical (unpaired) electrons.